The van der Waals surface area contributed by atoms with Crippen LogP contribution in [0.4, 0.5) is 0 Å². The lowest BCUT2D eigenvalue weighted by Gasteiger charge is -2.31. The topological polar surface area (TPSA) is 83.8 Å². The van der Waals surface area contributed by atoms with E-state index in [2.05, 4.69) is 0 Å². The molecule has 1 unspecified atom stereocenters. The van der Waals surface area contributed by atoms with Crippen molar-refractivity contribution in [2.45, 2.75) is 39.2 Å². The van der Waals surface area contributed by atoms with Crippen molar-refractivity contribution in [3.8, 4) is 5.75 Å². The molecule has 0 aromatic heterocycles. The molecule has 1 aromatic rings. The third-order valence-corrected chi connectivity index (χ3v) is 4.43. The lowest BCUT2D eigenvalue weighted by atomic mass is 9.78. The molecule has 0 amide bonds. The molecule has 5 nitrogen and oxygen atoms in total. The highest BCUT2D eigenvalue weighted by Crippen LogP contribution is 2.38. The van der Waals surface area contributed by atoms with E-state index in [-0.39, 0.29) is 5.75 Å². The molecule has 0 aliphatic carbocycles. The van der Waals surface area contributed by atoms with Gasteiger partial charge < -0.3 is 9.84 Å². The van der Waals surface area contributed by atoms with Crippen LogP contribution in [0.1, 0.15) is 44.8 Å². The van der Waals surface area contributed by atoms with Gasteiger partial charge in [-0.05, 0) is 36.0 Å². The first-order chi connectivity index (χ1) is 9.65. The summed E-state index contributed by atoms with van der Waals surface area (Å²) in [6.07, 6.45) is 0.986. The molecule has 1 rings (SSSR count). The highest BCUT2D eigenvalue weighted by Gasteiger charge is 2.29. The number of hydrogen-bond donors (Lipinski definition) is 2. The third kappa shape index (κ3) is 6.03. The maximum atomic E-state index is 10.7. The molecular weight excluding hydrogens is 292 g/mol. The molecule has 21 heavy (non-hydrogen) atoms. The predicted octanol–water partition coefficient (Wildman–Crippen LogP) is 2.81. The van der Waals surface area contributed by atoms with E-state index >= 15 is 0 Å². The molecule has 1 aromatic carbocycles. The van der Waals surface area contributed by atoms with Gasteiger partial charge in [-0.25, -0.2) is 0 Å². The van der Waals surface area contributed by atoms with Crippen LogP contribution in [0.5, 0.6) is 5.75 Å². The first-order valence-corrected chi connectivity index (χ1v) is 8.54. The van der Waals surface area contributed by atoms with Gasteiger partial charge in [-0.15, -0.1) is 0 Å². The molecule has 0 radical (unpaired) electrons. The van der Waals surface area contributed by atoms with Gasteiger partial charge in [-0.2, -0.15) is 8.42 Å². The van der Waals surface area contributed by atoms with Crippen molar-refractivity contribution in [3.63, 3.8) is 0 Å². The summed E-state index contributed by atoms with van der Waals surface area (Å²) in [5.41, 5.74) is 0.375. The predicted molar refractivity (Wildman–Crippen MR) is 82.0 cm³/mol. The molecule has 0 heterocycles. The van der Waals surface area contributed by atoms with Gasteiger partial charge in [0, 0.05) is 0 Å². The van der Waals surface area contributed by atoms with Crippen LogP contribution in [0.25, 0.3) is 0 Å². The second-order valence-corrected chi connectivity index (χ2v) is 7.48. The molecule has 0 aliphatic heterocycles. The van der Waals surface area contributed by atoms with E-state index in [1.807, 2.05) is 32.0 Å². The Kier molecular flexibility index (Phi) is 6.19. The molecular formula is C15H24O5S. The van der Waals surface area contributed by atoms with Gasteiger partial charge in [-0.1, -0.05) is 32.4 Å². The van der Waals surface area contributed by atoms with E-state index in [9.17, 15) is 13.5 Å². The van der Waals surface area contributed by atoms with Crippen molar-refractivity contribution in [2.75, 3.05) is 12.9 Å². The number of hydrogen-bond acceptors (Lipinski definition) is 4. The van der Waals surface area contributed by atoms with Crippen LogP contribution >= 0.6 is 0 Å². The van der Waals surface area contributed by atoms with Crippen molar-refractivity contribution < 1.29 is 22.8 Å². The molecule has 0 saturated heterocycles. The smallest absolute Gasteiger partial charge is 0.264 e. The van der Waals surface area contributed by atoms with Crippen LogP contribution in [0.3, 0.4) is 0 Å². The average molecular weight is 316 g/mol. The first kappa shape index (κ1) is 17.9. The Hall–Kier alpha value is -1.11. The number of unbranched alkanes of at least 4 members (excludes halogenated alkanes) is 1. The number of aliphatic hydroxyl groups excluding tert-OH is 1. The molecule has 120 valence electrons. The number of benzene rings is 1. The molecule has 0 aliphatic rings. The second-order valence-electron chi connectivity index (χ2n) is 5.91. The van der Waals surface area contributed by atoms with Crippen LogP contribution in [0, 0.1) is 5.41 Å². The van der Waals surface area contributed by atoms with Gasteiger partial charge in [0.05, 0.1) is 19.0 Å². The maximum absolute atomic E-state index is 10.7. The Morgan fingerprint density at radius 1 is 1.29 bits per heavy atom. The molecule has 0 bridgehead atoms. The van der Waals surface area contributed by atoms with Crippen LogP contribution in [0.2, 0.25) is 0 Å². The van der Waals surface area contributed by atoms with Crippen molar-refractivity contribution in [2.24, 2.45) is 5.41 Å². The molecule has 0 fully saturated rings. The molecule has 0 spiro atoms. The standard InChI is InChI=1S/C15H24O5S/c1-15(2,9-4-5-10-21(17,18)19)14(16)12-7-6-8-13(11-12)20-3/h6-8,11,14,16H,4-5,9-10H2,1-3H3,(H,17,18,19). The minimum absolute atomic E-state index is 0.238. The van der Waals surface area contributed by atoms with Crippen molar-refractivity contribution in [1.82, 2.24) is 0 Å². The van der Waals surface area contributed by atoms with Gasteiger partial charge in [0.15, 0.2) is 0 Å². The van der Waals surface area contributed by atoms with Gasteiger partial charge in [0.25, 0.3) is 10.1 Å². The van der Waals surface area contributed by atoms with Crippen molar-refractivity contribution >= 4 is 10.1 Å². The van der Waals surface area contributed by atoms with Gasteiger partial charge in [0.1, 0.15) is 5.75 Å². The summed E-state index contributed by atoms with van der Waals surface area (Å²) >= 11 is 0. The summed E-state index contributed by atoms with van der Waals surface area (Å²) in [7, 11) is -2.33. The zero-order chi connectivity index (χ0) is 16.1. The number of methoxy groups -OCH3 is 1. The summed E-state index contributed by atoms with van der Waals surface area (Å²) < 4.78 is 35.2. The van der Waals surface area contributed by atoms with Crippen molar-refractivity contribution in [3.05, 3.63) is 29.8 Å². The number of aliphatic hydroxyl groups is 1. The fourth-order valence-electron chi connectivity index (χ4n) is 2.26. The van der Waals surface area contributed by atoms with E-state index in [1.54, 1.807) is 13.2 Å². The third-order valence-electron chi connectivity index (χ3n) is 3.62. The maximum Gasteiger partial charge on any atom is 0.264 e. The Labute approximate surface area is 126 Å². The molecule has 0 saturated carbocycles. The van der Waals surface area contributed by atoms with Gasteiger partial charge >= 0.3 is 0 Å². The molecule has 6 heteroatoms. The minimum Gasteiger partial charge on any atom is -0.497 e. The Morgan fingerprint density at radius 2 is 1.95 bits per heavy atom. The highest BCUT2D eigenvalue weighted by atomic mass is 32.2. The fraction of sp³-hybridized carbons (Fsp3) is 0.600. The largest absolute Gasteiger partial charge is 0.497 e. The van der Waals surface area contributed by atoms with E-state index in [0.29, 0.717) is 25.0 Å². The zero-order valence-electron chi connectivity index (χ0n) is 12.7. The first-order valence-electron chi connectivity index (χ1n) is 6.93. The van der Waals surface area contributed by atoms with Crippen LogP contribution < -0.4 is 4.74 Å². The summed E-state index contributed by atoms with van der Waals surface area (Å²) in [4.78, 5) is 0. The summed E-state index contributed by atoms with van der Waals surface area (Å²) in [6.45, 7) is 3.87. The lowest BCUT2D eigenvalue weighted by molar-refractivity contribution is 0.0413. The highest BCUT2D eigenvalue weighted by molar-refractivity contribution is 7.85. The van der Waals surface area contributed by atoms with E-state index in [0.717, 1.165) is 5.56 Å². The Balaban J connectivity index is 2.63. The van der Waals surface area contributed by atoms with E-state index < -0.39 is 21.6 Å². The fourth-order valence-corrected chi connectivity index (χ4v) is 2.83. The van der Waals surface area contributed by atoms with Crippen molar-refractivity contribution in [1.29, 1.82) is 0 Å². The van der Waals surface area contributed by atoms with Gasteiger partial charge in [-0.3, -0.25) is 4.55 Å². The van der Waals surface area contributed by atoms with E-state index in [4.69, 9.17) is 9.29 Å². The quantitative estimate of drug-likeness (QED) is 0.569. The zero-order valence-corrected chi connectivity index (χ0v) is 13.6. The second kappa shape index (κ2) is 7.24. The van der Waals surface area contributed by atoms with Crippen LogP contribution in [-0.4, -0.2) is 30.9 Å². The van der Waals surface area contributed by atoms with Gasteiger partial charge in [0.2, 0.25) is 0 Å². The van der Waals surface area contributed by atoms with Crippen LogP contribution in [-0.2, 0) is 10.1 Å². The average Bonchev–Trinajstić information content (AvgIpc) is 2.42. The normalized spacial score (nSPS) is 14.0. The van der Waals surface area contributed by atoms with Crippen LogP contribution in [0.15, 0.2) is 24.3 Å². The number of ether oxygens (including phenoxy) is 1. The van der Waals surface area contributed by atoms with E-state index in [1.165, 1.54) is 0 Å². The summed E-state index contributed by atoms with van der Waals surface area (Å²) in [5, 5.41) is 10.5. The monoisotopic (exact) mass is 316 g/mol. The summed E-state index contributed by atoms with van der Waals surface area (Å²) in [6, 6.07) is 7.28. The Morgan fingerprint density at radius 3 is 2.52 bits per heavy atom. The lowest BCUT2D eigenvalue weighted by Crippen LogP contribution is -2.22. The minimum atomic E-state index is -3.90. The SMILES string of the molecule is COc1cccc(C(O)C(C)(C)CCCCS(=O)(=O)O)c1. The number of rotatable bonds is 8. The molecule has 1 atom stereocenters. The Bertz CT molecular complexity index is 551. The summed E-state index contributed by atoms with van der Waals surface area (Å²) in [5.74, 6) is 0.451. The molecule has 2 N–H and O–H groups in total.